The highest BCUT2D eigenvalue weighted by molar-refractivity contribution is 6.53. The molecule has 8 heteroatoms. The molecule has 0 fully saturated rings. The van der Waals surface area contributed by atoms with Gasteiger partial charge in [0.1, 0.15) is 16.5 Å². The Morgan fingerprint density at radius 3 is 2.59 bits per heavy atom. The quantitative estimate of drug-likeness (QED) is 0.549. The molecule has 29 heavy (non-hydrogen) atoms. The summed E-state index contributed by atoms with van der Waals surface area (Å²) < 4.78 is 10.3. The normalized spacial score (nSPS) is 13.7. The Morgan fingerprint density at radius 1 is 1.10 bits per heavy atom. The van der Waals surface area contributed by atoms with Crippen LogP contribution in [0.5, 0.6) is 5.75 Å². The van der Waals surface area contributed by atoms with Crippen LogP contribution in [0.25, 0.3) is 0 Å². The molecule has 3 rings (SSSR count). The average Bonchev–Trinajstić information content (AvgIpc) is 2.95. The van der Waals surface area contributed by atoms with E-state index in [-0.39, 0.29) is 28.6 Å². The van der Waals surface area contributed by atoms with E-state index in [0.717, 1.165) is 4.90 Å². The zero-order chi connectivity index (χ0) is 21.0. The fourth-order valence-electron chi connectivity index (χ4n) is 2.79. The van der Waals surface area contributed by atoms with E-state index in [9.17, 15) is 14.4 Å². The van der Waals surface area contributed by atoms with Crippen LogP contribution in [0.1, 0.15) is 23.7 Å². The van der Waals surface area contributed by atoms with Crippen molar-refractivity contribution in [2.24, 2.45) is 0 Å². The summed E-state index contributed by atoms with van der Waals surface area (Å²) in [4.78, 5) is 39.0. The molecule has 0 atom stereocenters. The number of hydrogen-bond donors (Lipinski definition) is 1. The molecule has 0 saturated heterocycles. The molecule has 0 radical (unpaired) electrons. The number of rotatable bonds is 7. The third kappa shape index (κ3) is 4.09. The minimum Gasteiger partial charge on any atom is -0.497 e. The molecular formula is C21H19ClN2O5. The summed E-state index contributed by atoms with van der Waals surface area (Å²) in [5, 5.41) is 2.60. The molecule has 1 aliphatic rings. The Bertz CT molecular complexity index is 1000. The number of methoxy groups -OCH3 is 1. The van der Waals surface area contributed by atoms with Gasteiger partial charge < -0.3 is 14.8 Å². The zero-order valence-electron chi connectivity index (χ0n) is 15.9. The third-order valence-electron chi connectivity index (χ3n) is 4.17. The minimum absolute atomic E-state index is 0.0818. The van der Waals surface area contributed by atoms with E-state index >= 15 is 0 Å². The molecule has 150 valence electrons. The first kappa shape index (κ1) is 20.4. The molecule has 0 bridgehead atoms. The lowest BCUT2D eigenvalue weighted by molar-refractivity contribution is -0.120. The van der Waals surface area contributed by atoms with Gasteiger partial charge in [-0.1, -0.05) is 36.7 Å². The van der Waals surface area contributed by atoms with Gasteiger partial charge in [0.15, 0.2) is 0 Å². The van der Waals surface area contributed by atoms with E-state index in [1.807, 2.05) is 6.92 Å². The van der Waals surface area contributed by atoms with Crippen molar-refractivity contribution in [2.45, 2.75) is 13.3 Å². The summed E-state index contributed by atoms with van der Waals surface area (Å²) in [6.07, 6.45) is 0.650. The number of para-hydroxylation sites is 1. The number of anilines is 2. The molecular weight excluding hydrogens is 396 g/mol. The second kappa shape index (κ2) is 8.79. The molecule has 2 aromatic carbocycles. The highest BCUT2D eigenvalue weighted by Gasteiger charge is 2.40. The summed E-state index contributed by atoms with van der Waals surface area (Å²) in [5.74, 6) is -1.44. The fourth-order valence-corrected chi connectivity index (χ4v) is 3.00. The number of imide groups is 1. The van der Waals surface area contributed by atoms with Gasteiger partial charge >= 0.3 is 5.97 Å². The van der Waals surface area contributed by atoms with Gasteiger partial charge in [-0.25, -0.2) is 9.69 Å². The standard InChI is InChI=1S/C21H19ClN2O5/c1-3-11-29-21(27)15-9-4-5-10-16(15)24-19(25)17(22)18(20(24)26)23-13-7-6-8-14(12-13)28-2/h4-10,12,23H,3,11H2,1-2H3. The zero-order valence-corrected chi connectivity index (χ0v) is 16.7. The Balaban J connectivity index is 1.92. The van der Waals surface area contributed by atoms with Crippen LogP contribution in [0.3, 0.4) is 0 Å². The number of benzene rings is 2. The lowest BCUT2D eigenvalue weighted by Gasteiger charge is -2.18. The van der Waals surface area contributed by atoms with Gasteiger partial charge in [0.2, 0.25) is 0 Å². The Hall–Kier alpha value is -3.32. The molecule has 0 aromatic heterocycles. The van der Waals surface area contributed by atoms with E-state index in [2.05, 4.69) is 5.32 Å². The smallest absolute Gasteiger partial charge is 0.340 e. The van der Waals surface area contributed by atoms with Crippen molar-refractivity contribution in [3.63, 3.8) is 0 Å². The Morgan fingerprint density at radius 2 is 1.86 bits per heavy atom. The number of nitrogens with one attached hydrogen (secondary N) is 1. The highest BCUT2D eigenvalue weighted by Crippen LogP contribution is 2.32. The monoisotopic (exact) mass is 414 g/mol. The van der Waals surface area contributed by atoms with Gasteiger partial charge in [-0.05, 0) is 30.7 Å². The van der Waals surface area contributed by atoms with E-state index in [1.165, 1.54) is 19.2 Å². The van der Waals surface area contributed by atoms with Crippen molar-refractivity contribution in [1.29, 1.82) is 0 Å². The highest BCUT2D eigenvalue weighted by atomic mass is 35.5. The number of amides is 2. The van der Waals surface area contributed by atoms with Crippen LogP contribution in [0.2, 0.25) is 0 Å². The minimum atomic E-state index is -0.724. The van der Waals surface area contributed by atoms with Crippen LogP contribution in [-0.2, 0) is 14.3 Å². The largest absolute Gasteiger partial charge is 0.497 e. The molecule has 2 aromatic rings. The second-order valence-electron chi connectivity index (χ2n) is 6.14. The first-order valence-electron chi connectivity index (χ1n) is 8.93. The lowest BCUT2D eigenvalue weighted by Crippen LogP contribution is -2.33. The topological polar surface area (TPSA) is 84.9 Å². The summed E-state index contributed by atoms with van der Waals surface area (Å²) in [5.41, 5.74) is 0.664. The van der Waals surface area contributed by atoms with Crippen LogP contribution in [0.15, 0.2) is 59.3 Å². The van der Waals surface area contributed by atoms with Crippen molar-refractivity contribution < 1.29 is 23.9 Å². The van der Waals surface area contributed by atoms with E-state index in [0.29, 0.717) is 17.9 Å². The molecule has 1 N–H and O–H groups in total. The fraction of sp³-hybridized carbons (Fsp3) is 0.190. The third-order valence-corrected chi connectivity index (χ3v) is 4.52. The lowest BCUT2D eigenvalue weighted by atomic mass is 10.1. The SMILES string of the molecule is CCCOC(=O)c1ccccc1N1C(=O)C(Cl)=C(Nc2cccc(OC)c2)C1=O. The van der Waals surface area contributed by atoms with Crippen molar-refractivity contribution in [3.8, 4) is 5.75 Å². The molecule has 1 aliphatic heterocycles. The summed E-state index contributed by atoms with van der Waals surface area (Å²) in [6, 6.07) is 13.1. The van der Waals surface area contributed by atoms with Crippen molar-refractivity contribution >= 4 is 40.8 Å². The Labute approximate surface area is 172 Å². The van der Waals surface area contributed by atoms with Gasteiger partial charge in [-0.3, -0.25) is 9.59 Å². The number of ether oxygens (including phenoxy) is 2. The van der Waals surface area contributed by atoms with E-state index in [4.69, 9.17) is 21.1 Å². The number of carbonyl (C=O) groups is 3. The molecule has 0 spiro atoms. The van der Waals surface area contributed by atoms with Gasteiger partial charge in [0.05, 0.1) is 25.0 Å². The van der Waals surface area contributed by atoms with Gasteiger partial charge in [0.25, 0.3) is 11.8 Å². The van der Waals surface area contributed by atoms with Crippen LogP contribution >= 0.6 is 11.6 Å². The molecule has 7 nitrogen and oxygen atoms in total. The number of carbonyl (C=O) groups excluding carboxylic acids is 3. The van der Waals surface area contributed by atoms with Gasteiger partial charge in [-0.15, -0.1) is 0 Å². The maximum atomic E-state index is 13.0. The first-order valence-corrected chi connectivity index (χ1v) is 9.31. The second-order valence-corrected chi connectivity index (χ2v) is 6.52. The van der Waals surface area contributed by atoms with Crippen LogP contribution in [-0.4, -0.2) is 31.5 Å². The van der Waals surface area contributed by atoms with Crippen LogP contribution in [0.4, 0.5) is 11.4 Å². The molecule has 0 aliphatic carbocycles. The average molecular weight is 415 g/mol. The number of hydrogen-bond acceptors (Lipinski definition) is 6. The maximum absolute atomic E-state index is 13.0. The summed E-state index contributed by atoms with van der Waals surface area (Å²) >= 11 is 6.16. The van der Waals surface area contributed by atoms with Crippen molar-refractivity contribution in [2.75, 3.05) is 23.9 Å². The predicted octanol–water partition coefficient (Wildman–Crippen LogP) is 3.70. The molecule has 0 saturated carbocycles. The predicted molar refractivity (Wildman–Crippen MR) is 109 cm³/mol. The van der Waals surface area contributed by atoms with Gasteiger partial charge in [0, 0.05) is 11.8 Å². The molecule has 0 unspecified atom stereocenters. The number of nitrogens with zero attached hydrogens (tertiary/aromatic N) is 1. The van der Waals surface area contributed by atoms with E-state index in [1.54, 1.807) is 36.4 Å². The molecule has 1 heterocycles. The van der Waals surface area contributed by atoms with Crippen molar-refractivity contribution in [3.05, 3.63) is 64.8 Å². The maximum Gasteiger partial charge on any atom is 0.340 e. The van der Waals surface area contributed by atoms with Crippen LogP contribution in [0, 0.1) is 0 Å². The Kier molecular flexibility index (Phi) is 6.19. The summed E-state index contributed by atoms with van der Waals surface area (Å²) in [6.45, 7) is 2.10. The summed E-state index contributed by atoms with van der Waals surface area (Å²) in [7, 11) is 1.52. The first-order chi connectivity index (χ1) is 14.0. The van der Waals surface area contributed by atoms with Crippen LogP contribution < -0.4 is 15.0 Å². The van der Waals surface area contributed by atoms with Gasteiger partial charge in [-0.2, -0.15) is 0 Å². The molecule has 2 amide bonds. The number of halogens is 1. The van der Waals surface area contributed by atoms with E-state index < -0.39 is 17.8 Å². The number of esters is 1. The van der Waals surface area contributed by atoms with Crippen molar-refractivity contribution in [1.82, 2.24) is 0 Å².